The smallest absolute Gasteiger partial charge is 0.327 e. The number of rotatable bonds is 10. The Bertz CT molecular complexity index is 1140. The third-order valence-corrected chi connectivity index (χ3v) is 7.49. The zero-order chi connectivity index (χ0) is 24.5. The van der Waals surface area contributed by atoms with Crippen LogP contribution in [0.3, 0.4) is 0 Å². The van der Waals surface area contributed by atoms with Crippen LogP contribution in [0.15, 0.2) is 121 Å². The Morgan fingerprint density at radius 3 is 1.49 bits per heavy atom. The first-order valence-electron chi connectivity index (χ1n) is 11.5. The number of benzene rings is 4. The Balaban J connectivity index is 1.67. The molecule has 0 fully saturated rings. The summed E-state index contributed by atoms with van der Waals surface area (Å²) in [4.78, 5) is 24.9. The quantitative estimate of drug-likeness (QED) is 0.293. The van der Waals surface area contributed by atoms with E-state index in [0.29, 0.717) is 0 Å². The van der Waals surface area contributed by atoms with Gasteiger partial charge in [0.2, 0.25) is 5.91 Å². The van der Waals surface area contributed by atoms with Crippen molar-refractivity contribution in [3.05, 3.63) is 144 Å². The molecule has 0 aromatic heterocycles. The zero-order valence-corrected chi connectivity index (χ0v) is 20.0. The molecule has 0 heterocycles. The second kappa shape index (κ2) is 11.5. The third-order valence-electron chi connectivity index (χ3n) is 5.85. The van der Waals surface area contributed by atoms with E-state index in [1.807, 2.05) is 84.9 Å². The summed E-state index contributed by atoms with van der Waals surface area (Å²) in [7, 11) is 0. The molecule has 0 saturated heterocycles. The van der Waals surface area contributed by atoms with E-state index in [2.05, 4.69) is 41.7 Å². The Labute approximate surface area is 210 Å². The minimum absolute atomic E-state index is 0.135. The summed E-state index contributed by atoms with van der Waals surface area (Å²) >= 11 is 1.52. The normalized spacial score (nSPS) is 12.0. The van der Waals surface area contributed by atoms with Crippen molar-refractivity contribution in [1.29, 1.82) is 0 Å². The van der Waals surface area contributed by atoms with Crippen molar-refractivity contribution in [2.75, 3.05) is 5.75 Å². The molecule has 0 radical (unpaired) electrons. The number of aliphatic carboxylic acids is 1. The molecule has 4 rings (SSSR count). The van der Waals surface area contributed by atoms with Gasteiger partial charge in [0.05, 0.1) is 11.2 Å². The van der Waals surface area contributed by atoms with Crippen LogP contribution in [0.25, 0.3) is 0 Å². The Kier molecular flexibility index (Phi) is 8.01. The second-order valence-electron chi connectivity index (χ2n) is 8.21. The average molecular weight is 482 g/mol. The van der Waals surface area contributed by atoms with Crippen LogP contribution in [-0.2, 0) is 20.8 Å². The molecule has 4 aromatic carbocycles. The maximum Gasteiger partial charge on any atom is 0.327 e. The summed E-state index contributed by atoms with van der Waals surface area (Å²) in [6.07, 6.45) is 0.135. The van der Waals surface area contributed by atoms with Crippen molar-refractivity contribution in [2.45, 2.75) is 17.2 Å². The lowest BCUT2D eigenvalue weighted by Crippen LogP contribution is -2.44. The van der Waals surface area contributed by atoms with E-state index >= 15 is 0 Å². The maximum atomic E-state index is 12.7. The summed E-state index contributed by atoms with van der Waals surface area (Å²) < 4.78 is -0.651. The maximum absolute atomic E-state index is 12.7. The van der Waals surface area contributed by atoms with Crippen LogP contribution in [0.1, 0.15) is 22.3 Å². The molecule has 1 amide bonds. The summed E-state index contributed by atoms with van der Waals surface area (Å²) in [5, 5.41) is 12.7. The third kappa shape index (κ3) is 5.81. The van der Waals surface area contributed by atoms with E-state index in [1.165, 1.54) is 11.8 Å². The van der Waals surface area contributed by atoms with Crippen molar-refractivity contribution in [2.24, 2.45) is 0 Å². The van der Waals surface area contributed by atoms with Gasteiger partial charge in [-0.1, -0.05) is 121 Å². The molecular weight excluding hydrogens is 454 g/mol. The molecule has 5 heteroatoms. The van der Waals surface area contributed by atoms with Crippen LogP contribution in [0.5, 0.6) is 0 Å². The number of hydrogen-bond donors (Lipinski definition) is 2. The number of thioether (sulfide) groups is 1. The molecule has 35 heavy (non-hydrogen) atoms. The first-order valence-corrected chi connectivity index (χ1v) is 12.4. The van der Waals surface area contributed by atoms with Gasteiger partial charge < -0.3 is 10.4 Å². The number of carbonyl (C=O) groups excluding carboxylic acids is 1. The summed E-state index contributed by atoms with van der Waals surface area (Å²) in [5.41, 5.74) is 3.97. The van der Waals surface area contributed by atoms with Gasteiger partial charge in [-0.15, -0.1) is 11.8 Å². The predicted octanol–water partition coefficient (Wildman–Crippen LogP) is 5.52. The Morgan fingerprint density at radius 2 is 1.09 bits per heavy atom. The standard InChI is InChI=1S/C30H27NO3S/c32-28(21-23-13-5-1-6-14-23)31-27(29(33)34)22-35-30(24-15-7-2-8-16-24,25-17-9-3-10-18-25)26-19-11-4-12-20-26/h1-20,27H,21-22H2,(H,31,32)(H,33,34). The molecule has 1 unspecified atom stereocenters. The lowest BCUT2D eigenvalue weighted by molar-refractivity contribution is -0.141. The highest BCUT2D eigenvalue weighted by Crippen LogP contribution is 2.48. The number of nitrogens with one attached hydrogen (secondary N) is 1. The van der Waals surface area contributed by atoms with Gasteiger partial charge in [0.1, 0.15) is 6.04 Å². The van der Waals surface area contributed by atoms with Gasteiger partial charge in [0.15, 0.2) is 0 Å². The minimum atomic E-state index is -1.05. The van der Waals surface area contributed by atoms with Gasteiger partial charge in [0, 0.05) is 5.75 Å². The number of amides is 1. The van der Waals surface area contributed by atoms with E-state index in [9.17, 15) is 14.7 Å². The van der Waals surface area contributed by atoms with Crippen LogP contribution < -0.4 is 5.32 Å². The molecule has 176 valence electrons. The fourth-order valence-electron chi connectivity index (χ4n) is 4.18. The molecule has 0 aliphatic heterocycles. The van der Waals surface area contributed by atoms with E-state index in [4.69, 9.17) is 0 Å². The van der Waals surface area contributed by atoms with Crippen molar-refractivity contribution in [3.63, 3.8) is 0 Å². The molecular formula is C30H27NO3S. The molecule has 4 aromatic rings. The molecule has 0 spiro atoms. The van der Waals surface area contributed by atoms with Gasteiger partial charge in [0.25, 0.3) is 0 Å². The first-order chi connectivity index (χ1) is 17.1. The van der Waals surface area contributed by atoms with Crippen molar-refractivity contribution >= 4 is 23.6 Å². The van der Waals surface area contributed by atoms with Gasteiger partial charge in [-0.2, -0.15) is 0 Å². The average Bonchev–Trinajstić information content (AvgIpc) is 2.90. The van der Waals surface area contributed by atoms with Crippen molar-refractivity contribution in [3.8, 4) is 0 Å². The van der Waals surface area contributed by atoms with Gasteiger partial charge in [-0.25, -0.2) is 4.79 Å². The summed E-state index contributed by atoms with van der Waals surface area (Å²) in [6, 6.07) is 38.6. The monoisotopic (exact) mass is 481 g/mol. The first kappa shape index (κ1) is 24.3. The fraction of sp³-hybridized carbons (Fsp3) is 0.133. The molecule has 1 atom stereocenters. The van der Waals surface area contributed by atoms with Crippen LogP contribution >= 0.6 is 11.8 Å². The van der Waals surface area contributed by atoms with Crippen LogP contribution in [-0.4, -0.2) is 28.8 Å². The highest BCUT2D eigenvalue weighted by molar-refractivity contribution is 8.00. The zero-order valence-electron chi connectivity index (χ0n) is 19.2. The molecule has 0 saturated carbocycles. The lowest BCUT2D eigenvalue weighted by Gasteiger charge is -2.36. The topological polar surface area (TPSA) is 66.4 Å². The van der Waals surface area contributed by atoms with Gasteiger partial charge >= 0.3 is 5.97 Å². The van der Waals surface area contributed by atoms with E-state index < -0.39 is 16.8 Å². The highest BCUT2D eigenvalue weighted by Gasteiger charge is 2.38. The van der Waals surface area contributed by atoms with E-state index in [-0.39, 0.29) is 18.1 Å². The number of carbonyl (C=O) groups is 2. The predicted molar refractivity (Wildman–Crippen MR) is 141 cm³/mol. The molecule has 0 bridgehead atoms. The molecule has 4 nitrogen and oxygen atoms in total. The van der Waals surface area contributed by atoms with Gasteiger partial charge in [-0.05, 0) is 22.3 Å². The minimum Gasteiger partial charge on any atom is -0.480 e. The highest BCUT2D eigenvalue weighted by atomic mass is 32.2. The largest absolute Gasteiger partial charge is 0.480 e. The second-order valence-corrected chi connectivity index (χ2v) is 9.45. The van der Waals surface area contributed by atoms with Crippen molar-refractivity contribution < 1.29 is 14.7 Å². The SMILES string of the molecule is O=C(Cc1ccccc1)NC(CSC(c1ccccc1)(c1ccccc1)c1ccccc1)C(=O)O. The summed E-state index contributed by atoms with van der Waals surface area (Å²) in [6.45, 7) is 0. The number of carboxylic acid groups (broad SMARTS) is 1. The van der Waals surface area contributed by atoms with E-state index in [1.54, 1.807) is 0 Å². The van der Waals surface area contributed by atoms with Gasteiger partial charge in [-0.3, -0.25) is 4.79 Å². The van der Waals surface area contributed by atoms with E-state index in [0.717, 1.165) is 22.3 Å². The summed E-state index contributed by atoms with van der Waals surface area (Å²) in [5.74, 6) is -1.18. The van der Waals surface area contributed by atoms with Crippen molar-refractivity contribution in [1.82, 2.24) is 5.32 Å². The van der Waals surface area contributed by atoms with Crippen LogP contribution in [0.2, 0.25) is 0 Å². The number of carboxylic acids is 1. The fourth-order valence-corrected chi connectivity index (χ4v) is 5.73. The lowest BCUT2D eigenvalue weighted by atomic mass is 9.84. The van der Waals surface area contributed by atoms with Crippen LogP contribution in [0, 0.1) is 0 Å². The molecule has 2 N–H and O–H groups in total. The van der Waals surface area contributed by atoms with Crippen LogP contribution in [0.4, 0.5) is 0 Å². The Hall–Kier alpha value is -3.83. The molecule has 0 aliphatic carbocycles. The Morgan fingerprint density at radius 1 is 0.686 bits per heavy atom. The molecule has 0 aliphatic rings. The number of hydrogen-bond acceptors (Lipinski definition) is 3.